The Balaban J connectivity index is 2.01. The molecule has 3 heteroatoms. The van der Waals surface area contributed by atoms with Crippen LogP contribution in [-0.2, 0) is 0 Å². The van der Waals surface area contributed by atoms with E-state index < -0.39 is 0 Å². The summed E-state index contributed by atoms with van der Waals surface area (Å²) in [5, 5.41) is 0. The molecule has 0 bridgehead atoms. The number of rotatable bonds is 5. The van der Waals surface area contributed by atoms with E-state index in [1.165, 1.54) is 12.8 Å². The van der Waals surface area contributed by atoms with Gasteiger partial charge in [0.05, 0.1) is 5.56 Å². The number of carbonyl (C=O) groups is 1. The lowest BCUT2D eigenvalue weighted by Crippen LogP contribution is -2.39. The maximum atomic E-state index is 11.5. The predicted octanol–water partition coefficient (Wildman–Crippen LogP) is 3.14. The van der Waals surface area contributed by atoms with Gasteiger partial charge in [-0.2, -0.15) is 0 Å². The van der Waals surface area contributed by atoms with Crippen LogP contribution in [0.4, 0.5) is 0 Å². The summed E-state index contributed by atoms with van der Waals surface area (Å²) in [7, 11) is 0. The van der Waals surface area contributed by atoms with Crippen molar-refractivity contribution in [3.05, 3.63) is 29.8 Å². The standard InChI is InChI=1S/C16H23NO2/c1-12(2)17-10-6-7-14(17)11-19-16-9-5-4-8-15(16)13(3)18/h4-5,8-9,12,14H,6-7,10-11H2,1-3H3/t14-/m0/s1. The topological polar surface area (TPSA) is 29.5 Å². The van der Waals surface area contributed by atoms with Gasteiger partial charge in [0.15, 0.2) is 5.78 Å². The number of ether oxygens (including phenoxy) is 1. The molecule has 1 aromatic rings. The molecule has 0 aliphatic carbocycles. The first-order valence-corrected chi connectivity index (χ1v) is 7.08. The predicted molar refractivity (Wildman–Crippen MR) is 76.8 cm³/mol. The number of benzene rings is 1. The van der Waals surface area contributed by atoms with Crippen molar-refractivity contribution in [3.63, 3.8) is 0 Å². The molecule has 0 unspecified atom stereocenters. The number of likely N-dealkylation sites (tertiary alicyclic amines) is 1. The van der Waals surface area contributed by atoms with E-state index in [1.54, 1.807) is 6.92 Å². The van der Waals surface area contributed by atoms with E-state index >= 15 is 0 Å². The minimum Gasteiger partial charge on any atom is -0.491 e. The molecule has 1 atom stereocenters. The minimum atomic E-state index is 0.0581. The first kappa shape index (κ1) is 14.1. The first-order chi connectivity index (χ1) is 9.09. The summed E-state index contributed by atoms with van der Waals surface area (Å²) in [6.07, 6.45) is 2.42. The summed E-state index contributed by atoms with van der Waals surface area (Å²) in [5.74, 6) is 0.772. The summed E-state index contributed by atoms with van der Waals surface area (Å²) in [6.45, 7) is 7.85. The van der Waals surface area contributed by atoms with E-state index in [2.05, 4.69) is 18.7 Å². The van der Waals surface area contributed by atoms with Crippen LogP contribution in [0.5, 0.6) is 5.75 Å². The van der Waals surface area contributed by atoms with Crippen LogP contribution in [0, 0.1) is 0 Å². The SMILES string of the molecule is CC(=O)c1ccccc1OC[C@@H]1CCCN1C(C)C. The van der Waals surface area contributed by atoms with Crippen LogP contribution in [0.15, 0.2) is 24.3 Å². The Kier molecular flexibility index (Phi) is 4.59. The number of para-hydroxylation sites is 1. The van der Waals surface area contributed by atoms with Gasteiger partial charge in [0.1, 0.15) is 12.4 Å². The van der Waals surface area contributed by atoms with Gasteiger partial charge in [-0.25, -0.2) is 0 Å². The molecule has 2 rings (SSSR count). The third-order valence-corrected chi connectivity index (χ3v) is 3.78. The molecule has 1 saturated heterocycles. The summed E-state index contributed by atoms with van der Waals surface area (Å²) in [4.78, 5) is 14.0. The first-order valence-electron chi connectivity index (χ1n) is 7.08. The Bertz CT molecular complexity index is 442. The molecule has 0 saturated carbocycles. The molecule has 1 fully saturated rings. The molecule has 1 aliphatic rings. The van der Waals surface area contributed by atoms with E-state index in [0.717, 1.165) is 6.54 Å². The number of hydrogen-bond acceptors (Lipinski definition) is 3. The highest BCUT2D eigenvalue weighted by Gasteiger charge is 2.27. The smallest absolute Gasteiger partial charge is 0.163 e. The molecule has 3 nitrogen and oxygen atoms in total. The molecule has 0 spiro atoms. The second-order valence-electron chi connectivity index (χ2n) is 5.49. The van der Waals surface area contributed by atoms with E-state index in [1.807, 2.05) is 24.3 Å². The maximum absolute atomic E-state index is 11.5. The summed E-state index contributed by atoms with van der Waals surface area (Å²) < 4.78 is 5.90. The van der Waals surface area contributed by atoms with E-state index in [4.69, 9.17) is 4.74 Å². The van der Waals surface area contributed by atoms with Crippen molar-refractivity contribution in [2.45, 2.75) is 45.7 Å². The monoisotopic (exact) mass is 261 g/mol. The average molecular weight is 261 g/mol. The second-order valence-corrected chi connectivity index (χ2v) is 5.49. The second kappa shape index (κ2) is 6.20. The average Bonchev–Trinajstić information content (AvgIpc) is 2.85. The highest BCUT2D eigenvalue weighted by Crippen LogP contribution is 2.23. The van der Waals surface area contributed by atoms with Crippen molar-refractivity contribution in [1.29, 1.82) is 0 Å². The number of nitrogens with zero attached hydrogens (tertiary/aromatic N) is 1. The lowest BCUT2D eigenvalue weighted by atomic mass is 10.1. The quantitative estimate of drug-likeness (QED) is 0.763. The molecular weight excluding hydrogens is 238 g/mol. The van der Waals surface area contributed by atoms with Gasteiger partial charge in [-0.15, -0.1) is 0 Å². The van der Waals surface area contributed by atoms with Crippen molar-refractivity contribution < 1.29 is 9.53 Å². The molecule has 0 N–H and O–H groups in total. The number of Topliss-reactive ketones (excluding diaryl/α,β-unsaturated/α-hetero) is 1. The Morgan fingerprint density at radius 1 is 1.42 bits per heavy atom. The van der Waals surface area contributed by atoms with Crippen LogP contribution in [0.3, 0.4) is 0 Å². The van der Waals surface area contributed by atoms with Crippen molar-refractivity contribution in [1.82, 2.24) is 4.90 Å². The zero-order valence-corrected chi connectivity index (χ0v) is 12.1. The largest absolute Gasteiger partial charge is 0.491 e. The summed E-state index contributed by atoms with van der Waals surface area (Å²) in [5.41, 5.74) is 0.677. The maximum Gasteiger partial charge on any atom is 0.163 e. The summed E-state index contributed by atoms with van der Waals surface area (Å²) in [6, 6.07) is 8.52. The van der Waals surface area contributed by atoms with Gasteiger partial charge in [0.2, 0.25) is 0 Å². The normalized spacial score (nSPS) is 19.9. The van der Waals surface area contributed by atoms with Gasteiger partial charge in [0.25, 0.3) is 0 Å². The van der Waals surface area contributed by atoms with E-state index in [0.29, 0.717) is 30.0 Å². The van der Waals surface area contributed by atoms with Gasteiger partial charge in [-0.3, -0.25) is 9.69 Å². The zero-order chi connectivity index (χ0) is 13.8. The van der Waals surface area contributed by atoms with Gasteiger partial charge in [-0.05, 0) is 52.3 Å². The number of carbonyl (C=O) groups excluding carboxylic acids is 1. The van der Waals surface area contributed by atoms with Crippen LogP contribution in [-0.4, -0.2) is 35.9 Å². The number of ketones is 1. The van der Waals surface area contributed by atoms with Crippen LogP contribution in [0.25, 0.3) is 0 Å². The molecule has 1 aliphatic heterocycles. The molecule has 1 aromatic carbocycles. The van der Waals surface area contributed by atoms with E-state index in [9.17, 15) is 4.79 Å². The molecule has 1 heterocycles. The van der Waals surface area contributed by atoms with Gasteiger partial charge >= 0.3 is 0 Å². The minimum absolute atomic E-state index is 0.0581. The highest BCUT2D eigenvalue weighted by atomic mass is 16.5. The van der Waals surface area contributed by atoms with Crippen LogP contribution < -0.4 is 4.74 Å². The Morgan fingerprint density at radius 2 is 2.16 bits per heavy atom. The Labute approximate surface area is 115 Å². The molecule has 0 radical (unpaired) electrons. The zero-order valence-electron chi connectivity index (χ0n) is 12.1. The Hall–Kier alpha value is -1.35. The van der Waals surface area contributed by atoms with Crippen molar-refractivity contribution in [2.75, 3.05) is 13.2 Å². The van der Waals surface area contributed by atoms with Crippen LogP contribution in [0.2, 0.25) is 0 Å². The Morgan fingerprint density at radius 3 is 2.84 bits per heavy atom. The number of hydrogen-bond donors (Lipinski definition) is 0. The highest BCUT2D eigenvalue weighted by molar-refractivity contribution is 5.96. The third-order valence-electron chi connectivity index (χ3n) is 3.78. The fraction of sp³-hybridized carbons (Fsp3) is 0.562. The fourth-order valence-electron chi connectivity index (χ4n) is 2.79. The third kappa shape index (κ3) is 3.35. The van der Waals surface area contributed by atoms with Crippen molar-refractivity contribution in [3.8, 4) is 5.75 Å². The van der Waals surface area contributed by atoms with Crippen molar-refractivity contribution in [2.24, 2.45) is 0 Å². The van der Waals surface area contributed by atoms with Gasteiger partial charge in [-0.1, -0.05) is 12.1 Å². The van der Waals surface area contributed by atoms with Crippen molar-refractivity contribution >= 4 is 5.78 Å². The van der Waals surface area contributed by atoms with Crippen LogP contribution in [0.1, 0.15) is 44.0 Å². The fourth-order valence-corrected chi connectivity index (χ4v) is 2.79. The molecule has 104 valence electrons. The van der Waals surface area contributed by atoms with E-state index in [-0.39, 0.29) is 5.78 Å². The lowest BCUT2D eigenvalue weighted by Gasteiger charge is -2.28. The van der Waals surface area contributed by atoms with Crippen LogP contribution >= 0.6 is 0 Å². The van der Waals surface area contributed by atoms with Gasteiger partial charge in [0, 0.05) is 12.1 Å². The molecule has 0 amide bonds. The van der Waals surface area contributed by atoms with Gasteiger partial charge < -0.3 is 4.74 Å². The molecular formula is C16H23NO2. The molecule has 19 heavy (non-hydrogen) atoms. The lowest BCUT2D eigenvalue weighted by molar-refractivity contribution is 0.100. The molecule has 0 aromatic heterocycles. The summed E-state index contributed by atoms with van der Waals surface area (Å²) >= 11 is 0.